The van der Waals surface area contributed by atoms with Crippen LogP contribution in [0.25, 0.3) is 0 Å². The Morgan fingerprint density at radius 2 is 2.00 bits per heavy atom. The summed E-state index contributed by atoms with van der Waals surface area (Å²) in [4.78, 5) is 0. The van der Waals surface area contributed by atoms with E-state index < -0.39 is 0 Å². The summed E-state index contributed by atoms with van der Waals surface area (Å²) in [5, 5.41) is 3.49. The van der Waals surface area contributed by atoms with Gasteiger partial charge < -0.3 is 5.32 Å². The van der Waals surface area contributed by atoms with Gasteiger partial charge in [-0.2, -0.15) is 0 Å². The SMILES string of the molecule is CCC(CCCl)NCC(C)C. The van der Waals surface area contributed by atoms with Gasteiger partial charge in [-0.15, -0.1) is 11.6 Å². The molecule has 68 valence electrons. The minimum Gasteiger partial charge on any atom is -0.314 e. The Morgan fingerprint density at radius 1 is 1.36 bits per heavy atom. The summed E-state index contributed by atoms with van der Waals surface area (Å²) < 4.78 is 0. The number of nitrogens with one attached hydrogen (secondary N) is 1. The van der Waals surface area contributed by atoms with E-state index >= 15 is 0 Å². The molecule has 0 amide bonds. The van der Waals surface area contributed by atoms with Gasteiger partial charge in [0.1, 0.15) is 0 Å². The molecule has 0 bridgehead atoms. The molecule has 0 fully saturated rings. The highest BCUT2D eigenvalue weighted by atomic mass is 35.5. The Kier molecular flexibility index (Phi) is 7.09. The number of halogens is 1. The fourth-order valence-corrected chi connectivity index (χ4v) is 1.25. The number of hydrogen-bond donors (Lipinski definition) is 1. The van der Waals surface area contributed by atoms with Crippen LogP contribution in [0.15, 0.2) is 0 Å². The monoisotopic (exact) mass is 177 g/mol. The van der Waals surface area contributed by atoms with Gasteiger partial charge in [0.05, 0.1) is 0 Å². The first-order valence-corrected chi connectivity index (χ1v) is 5.03. The van der Waals surface area contributed by atoms with Gasteiger partial charge in [0.15, 0.2) is 0 Å². The second kappa shape index (κ2) is 6.93. The van der Waals surface area contributed by atoms with Crippen LogP contribution in [0.5, 0.6) is 0 Å². The molecule has 0 radical (unpaired) electrons. The Bertz CT molecular complexity index is 83.6. The Labute approximate surface area is 75.5 Å². The first-order valence-electron chi connectivity index (χ1n) is 4.50. The second-order valence-corrected chi connectivity index (χ2v) is 3.76. The average Bonchev–Trinajstić information content (AvgIpc) is 1.97. The Balaban J connectivity index is 3.35. The van der Waals surface area contributed by atoms with Crippen molar-refractivity contribution in [3.05, 3.63) is 0 Å². The fraction of sp³-hybridized carbons (Fsp3) is 1.00. The minimum atomic E-state index is 0.620. The fourth-order valence-electron chi connectivity index (χ4n) is 0.985. The van der Waals surface area contributed by atoms with E-state index in [1.54, 1.807) is 0 Å². The minimum absolute atomic E-state index is 0.620. The molecule has 0 spiro atoms. The summed E-state index contributed by atoms with van der Waals surface area (Å²) >= 11 is 5.65. The van der Waals surface area contributed by atoms with E-state index in [-0.39, 0.29) is 0 Å². The molecule has 0 rings (SSSR count). The van der Waals surface area contributed by atoms with Crippen molar-refractivity contribution in [2.24, 2.45) is 5.92 Å². The predicted molar refractivity (Wildman–Crippen MR) is 52.3 cm³/mol. The van der Waals surface area contributed by atoms with Crippen LogP contribution in [0.4, 0.5) is 0 Å². The lowest BCUT2D eigenvalue weighted by molar-refractivity contribution is 0.444. The molecule has 0 aromatic carbocycles. The second-order valence-electron chi connectivity index (χ2n) is 3.38. The van der Waals surface area contributed by atoms with Gasteiger partial charge in [-0.05, 0) is 25.3 Å². The predicted octanol–water partition coefficient (Wildman–Crippen LogP) is 2.64. The largest absolute Gasteiger partial charge is 0.314 e. The van der Waals surface area contributed by atoms with Crippen molar-refractivity contribution in [2.75, 3.05) is 12.4 Å². The van der Waals surface area contributed by atoms with Gasteiger partial charge in [-0.25, -0.2) is 0 Å². The quantitative estimate of drug-likeness (QED) is 0.616. The average molecular weight is 178 g/mol. The maximum atomic E-state index is 5.65. The molecule has 0 aliphatic rings. The summed E-state index contributed by atoms with van der Waals surface area (Å²) in [5.74, 6) is 1.50. The molecule has 0 aromatic rings. The summed E-state index contributed by atoms with van der Waals surface area (Å²) in [6.07, 6.45) is 2.27. The Hall–Kier alpha value is 0.250. The van der Waals surface area contributed by atoms with E-state index in [2.05, 4.69) is 26.1 Å². The lowest BCUT2D eigenvalue weighted by Crippen LogP contribution is -2.31. The third-order valence-corrected chi connectivity index (χ3v) is 1.98. The maximum absolute atomic E-state index is 5.65. The molecule has 0 aliphatic carbocycles. The number of alkyl halides is 1. The maximum Gasteiger partial charge on any atom is 0.0238 e. The van der Waals surface area contributed by atoms with Gasteiger partial charge >= 0.3 is 0 Å². The molecule has 0 saturated carbocycles. The van der Waals surface area contributed by atoms with Crippen molar-refractivity contribution in [2.45, 2.75) is 39.7 Å². The van der Waals surface area contributed by atoms with Crippen molar-refractivity contribution in [1.29, 1.82) is 0 Å². The lowest BCUT2D eigenvalue weighted by Gasteiger charge is -2.16. The molecule has 1 atom stereocenters. The number of hydrogen-bond acceptors (Lipinski definition) is 1. The van der Waals surface area contributed by atoms with Crippen LogP contribution in [0.3, 0.4) is 0 Å². The van der Waals surface area contributed by atoms with Crippen molar-refractivity contribution >= 4 is 11.6 Å². The molecular weight excluding hydrogens is 158 g/mol. The van der Waals surface area contributed by atoms with Crippen LogP contribution >= 0.6 is 11.6 Å². The molecule has 0 saturated heterocycles. The van der Waals surface area contributed by atoms with Crippen LogP contribution in [0, 0.1) is 5.92 Å². The third-order valence-electron chi connectivity index (χ3n) is 1.77. The van der Waals surface area contributed by atoms with Crippen molar-refractivity contribution in [3.8, 4) is 0 Å². The van der Waals surface area contributed by atoms with Crippen LogP contribution in [-0.2, 0) is 0 Å². The van der Waals surface area contributed by atoms with Crippen LogP contribution in [0.1, 0.15) is 33.6 Å². The van der Waals surface area contributed by atoms with E-state index in [1.807, 2.05) is 0 Å². The van der Waals surface area contributed by atoms with Gasteiger partial charge in [0.25, 0.3) is 0 Å². The number of rotatable bonds is 6. The van der Waals surface area contributed by atoms with Crippen molar-refractivity contribution in [1.82, 2.24) is 5.32 Å². The molecule has 11 heavy (non-hydrogen) atoms. The van der Waals surface area contributed by atoms with Gasteiger partial charge in [0, 0.05) is 11.9 Å². The van der Waals surface area contributed by atoms with Crippen LogP contribution < -0.4 is 5.32 Å². The van der Waals surface area contributed by atoms with E-state index in [1.165, 1.54) is 6.42 Å². The van der Waals surface area contributed by atoms with E-state index in [0.29, 0.717) is 6.04 Å². The first kappa shape index (κ1) is 11.2. The zero-order valence-electron chi connectivity index (χ0n) is 7.86. The standard InChI is InChI=1S/C9H20ClN/c1-4-9(5-6-10)11-7-8(2)3/h8-9,11H,4-7H2,1-3H3. The highest BCUT2D eigenvalue weighted by Crippen LogP contribution is 2.00. The smallest absolute Gasteiger partial charge is 0.0238 e. The highest BCUT2D eigenvalue weighted by Gasteiger charge is 2.04. The van der Waals surface area contributed by atoms with Crippen molar-refractivity contribution < 1.29 is 0 Å². The van der Waals surface area contributed by atoms with Crippen LogP contribution in [-0.4, -0.2) is 18.5 Å². The molecule has 0 aliphatic heterocycles. The summed E-state index contributed by atoms with van der Waals surface area (Å²) in [5.41, 5.74) is 0. The zero-order valence-corrected chi connectivity index (χ0v) is 8.62. The normalized spacial score (nSPS) is 13.9. The molecule has 1 unspecified atom stereocenters. The van der Waals surface area contributed by atoms with E-state index in [0.717, 1.165) is 24.8 Å². The van der Waals surface area contributed by atoms with Crippen LogP contribution in [0.2, 0.25) is 0 Å². The topological polar surface area (TPSA) is 12.0 Å². The first-order chi connectivity index (χ1) is 5.20. The van der Waals surface area contributed by atoms with E-state index in [4.69, 9.17) is 11.6 Å². The molecule has 1 N–H and O–H groups in total. The van der Waals surface area contributed by atoms with Gasteiger partial charge in [-0.3, -0.25) is 0 Å². The van der Waals surface area contributed by atoms with Gasteiger partial charge in [-0.1, -0.05) is 20.8 Å². The summed E-state index contributed by atoms with van der Waals surface area (Å²) in [7, 11) is 0. The van der Waals surface area contributed by atoms with Crippen molar-refractivity contribution in [3.63, 3.8) is 0 Å². The molecule has 1 nitrogen and oxygen atoms in total. The molecular formula is C9H20ClN. The van der Waals surface area contributed by atoms with Gasteiger partial charge in [0.2, 0.25) is 0 Å². The molecule has 2 heteroatoms. The highest BCUT2D eigenvalue weighted by molar-refractivity contribution is 6.17. The summed E-state index contributed by atoms with van der Waals surface area (Å²) in [6.45, 7) is 7.75. The molecule has 0 heterocycles. The molecule has 0 aromatic heterocycles. The lowest BCUT2D eigenvalue weighted by atomic mass is 10.1. The Morgan fingerprint density at radius 3 is 2.36 bits per heavy atom. The zero-order chi connectivity index (χ0) is 8.69. The summed E-state index contributed by atoms with van der Waals surface area (Å²) in [6, 6.07) is 0.620. The van der Waals surface area contributed by atoms with E-state index in [9.17, 15) is 0 Å². The third kappa shape index (κ3) is 6.64.